The summed E-state index contributed by atoms with van der Waals surface area (Å²) in [5.74, 6) is 0.968. The zero-order chi connectivity index (χ0) is 18.5. The minimum absolute atomic E-state index is 0.0152. The fourth-order valence-electron chi connectivity index (χ4n) is 3.20. The Kier molecular flexibility index (Phi) is 5.93. The van der Waals surface area contributed by atoms with Gasteiger partial charge in [0, 0.05) is 43.0 Å². The number of hydrogen-bond donors (Lipinski definition) is 0. The Hall–Kier alpha value is -2.34. The molecule has 138 valence electrons. The molecule has 2 aromatic rings. The van der Waals surface area contributed by atoms with Crippen molar-refractivity contribution in [1.29, 1.82) is 0 Å². The number of amides is 2. The third-order valence-electron chi connectivity index (χ3n) is 4.73. The van der Waals surface area contributed by atoms with Crippen molar-refractivity contribution in [3.63, 3.8) is 0 Å². The molecule has 3 rings (SSSR count). The molecule has 0 N–H and O–H groups in total. The number of benzene rings is 1. The van der Waals surface area contributed by atoms with Gasteiger partial charge in [-0.05, 0) is 48.6 Å². The number of hydrogen-bond acceptors (Lipinski definition) is 4. The van der Waals surface area contributed by atoms with E-state index in [9.17, 15) is 9.59 Å². The maximum Gasteiger partial charge on any atom is 0.253 e. The number of nitrogens with zero attached hydrogens (tertiary/aromatic N) is 2. The molecular weight excluding hydrogens is 348 g/mol. The molecule has 1 fully saturated rings. The highest BCUT2D eigenvalue weighted by Crippen LogP contribution is 2.20. The number of methoxy groups -OCH3 is 1. The van der Waals surface area contributed by atoms with Crippen molar-refractivity contribution in [3.8, 4) is 5.75 Å². The van der Waals surface area contributed by atoms with Crippen molar-refractivity contribution in [2.45, 2.75) is 19.8 Å². The number of carbonyl (C=O) groups excluding carboxylic acids is 2. The number of aryl methyl sites for hydroxylation is 2. The quantitative estimate of drug-likeness (QED) is 0.811. The van der Waals surface area contributed by atoms with Crippen LogP contribution in [-0.4, -0.2) is 54.9 Å². The molecule has 2 heterocycles. The van der Waals surface area contributed by atoms with Crippen LogP contribution in [0.2, 0.25) is 0 Å². The van der Waals surface area contributed by atoms with E-state index in [4.69, 9.17) is 4.74 Å². The second kappa shape index (κ2) is 8.36. The monoisotopic (exact) mass is 372 g/mol. The van der Waals surface area contributed by atoms with Crippen LogP contribution in [0.1, 0.15) is 27.2 Å². The predicted octanol–water partition coefficient (Wildman–Crippen LogP) is 2.98. The summed E-state index contributed by atoms with van der Waals surface area (Å²) in [6, 6.07) is 9.56. The standard InChI is InChI=1S/C20H24N2O3S/c1-15-14-16(5-7-18(15)25-2)20(24)22-11-9-21(10-12-22)19(23)8-6-17-4-3-13-26-17/h3-5,7,13-14H,6,8-12H2,1-2H3. The van der Waals surface area contributed by atoms with Crippen LogP contribution >= 0.6 is 11.3 Å². The summed E-state index contributed by atoms with van der Waals surface area (Å²) in [5, 5.41) is 2.03. The van der Waals surface area contributed by atoms with Crippen molar-refractivity contribution in [1.82, 2.24) is 9.80 Å². The number of ether oxygens (including phenoxy) is 1. The first-order valence-electron chi connectivity index (χ1n) is 8.82. The van der Waals surface area contributed by atoms with Crippen LogP contribution in [0.3, 0.4) is 0 Å². The van der Waals surface area contributed by atoms with Crippen molar-refractivity contribution in [2.75, 3.05) is 33.3 Å². The Bertz CT molecular complexity index is 765. The maximum atomic E-state index is 12.7. The molecule has 1 aliphatic rings. The van der Waals surface area contributed by atoms with Gasteiger partial charge in [0.05, 0.1) is 7.11 Å². The van der Waals surface area contributed by atoms with Crippen LogP contribution in [0.5, 0.6) is 5.75 Å². The highest BCUT2D eigenvalue weighted by molar-refractivity contribution is 7.09. The molecule has 2 amide bonds. The molecule has 0 unspecified atom stereocenters. The SMILES string of the molecule is COc1ccc(C(=O)N2CCN(C(=O)CCc3cccs3)CC2)cc1C. The lowest BCUT2D eigenvalue weighted by molar-refractivity contribution is -0.132. The Morgan fingerprint density at radius 1 is 1.12 bits per heavy atom. The smallest absolute Gasteiger partial charge is 0.253 e. The fraction of sp³-hybridized carbons (Fsp3) is 0.400. The minimum Gasteiger partial charge on any atom is -0.496 e. The molecule has 0 spiro atoms. The number of piperazine rings is 1. The Balaban J connectivity index is 1.52. The van der Waals surface area contributed by atoms with E-state index < -0.39 is 0 Å². The van der Waals surface area contributed by atoms with Gasteiger partial charge in [-0.3, -0.25) is 9.59 Å². The number of thiophene rings is 1. The second-order valence-electron chi connectivity index (χ2n) is 6.44. The molecule has 1 saturated heterocycles. The molecule has 5 nitrogen and oxygen atoms in total. The van der Waals surface area contributed by atoms with Crippen LogP contribution in [0.25, 0.3) is 0 Å². The lowest BCUT2D eigenvalue weighted by Crippen LogP contribution is -2.50. The molecular formula is C20H24N2O3S. The summed E-state index contributed by atoms with van der Waals surface area (Å²) >= 11 is 1.68. The van der Waals surface area contributed by atoms with Crippen molar-refractivity contribution >= 4 is 23.2 Å². The lowest BCUT2D eigenvalue weighted by atomic mass is 10.1. The molecule has 0 radical (unpaired) electrons. The van der Waals surface area contributed by atoms with Gasteiger partial charge >= 0.3 is 0 Å². The summed E-state index contributed by atoms with van der Waals surface area (Å²) < 4.78 is 5.25. The van der Waals surface area contributed by atoms with Crippen LogP contribution in [0.15, 0.2) is 35.7 Å². The minimum atomic E-state index is 0.0152. The van der Waals surface area contributed by atoms with Gasteiger partial charge in [0.1, 0.15) is 5.75 Å². The van der Waals surface area contributed by atoms with Gasteiger partial charge in [0.25, 0.3) is 5.91 Å². The first-order valence-corrected chi connectivity index (χ1v) is 9.70. The van der Waals surface area contributed by atoms with E-state index in [0.717, 1.165) is 17.7 Å². The Morgan fingerprint density at radius 2 is 1.85 bits per heavy atom. The van der Waals surface area contributed by atoms with Crippen LogP contribution in [-0.2, 0) is 11.2 Å². The molecule has 0 atom stereocenters. The Labute approximate surface area is 158 Å². The third-order valence-corrected chi connectivity index (χ3v) is 5.66. The van der Waals surface area contributed by atoms with Gasteiger partial charge in [-0.25, -0.2) is 0 Å². The number of rotatable bonds is 5. The average molecular weight is 372 g/mol. The molecule has 1 aromatic carbocycles. The normalized spacial score (nSPS) is 14.4. The fourth-order valence-corrected chi connectivity index (χ4v) is 3.91. The van der Waals surface area contributed by atoms with Gasteiger partial charge < -0.3 is 14.5 Å². The van der Waals surface area contributed by atoms with Crippen LogP contribution in [0, 0.1) is 6.92 Å². The molecule has 0 aliphatic carbocycles. The molecule has 6 heteroatoms. The first kappa shape index (κ1) is 18.5. The lowest BCUT2D eigenvalue weighted by Gasteiger charge is -2.35. The molecule has 1 aromatic heterocycles. The summed E-state index contributed by atoms with van der Waals surface area (Å²) in [7, 11) is 1.62. The van der Waals surface area contributed by atoms with Crippen LogP contribution < -0.4 is 4.74 Å². The van der Waals surface area contributed by atoms with Crippen LogP contribution in [0.4, 0.5) is 0 Å². The summed E-state index contributed by atoms with van der Waals surface area (Å²) in [6.07, 6.45) is 1.33. The Morgan fingerprint density at radius 3 is 2.46 bits per heavy atom. The van der Waals surface area contributed by atoms with E-state index in [1.54, 1.807) is 24.5 Å². The summed E-state index contributed by atoms with van der Waals surface area (Å²) in [4.78, 5) is 30.0. The van der Waals surface area contributed by atoms with E-state index in [1.807, 2.05) is 40.3 Å². The zero-order valence-corrected chi connectivity index (χ0v) is 16.1. The van der Waals surface area contributed by atoms with E-state index in [0.29, 0.717) is 38.2 Å². The molecule has 26 heavy (non-hydrogen) atoms. The van der Waals surface area contributed by atoms with E-state index in [-0.39, 0.29) is 11.8 Å². The molecule has 0 bridgehead atoms. The summed E-state index contributed by atoms with van der Waals surface area (Å²) in [5.41, 5.74) is 1.61. The van der Waals surface area contributed by atoms with Gasteiger partial charge in [0.2, 0.25) is 5.91 Å². The van der Waals surface area contributed by atoms with E-state index in [1.165, 1.54) is 4.88 Å². The molecule has 0 saturated carbocycles. The average Bonchev–Trinajstić information content (AvgIpc) is 3.19. The first-order chi connectivity index (χ1) is 12.6. The second-order valence-corrected chi connectivity index (χ2v) is 7.47. The zero-order valence-electron chi connectivity index (χ0n) is 15.2. The predicted molar refractivity (Wildman–Crippen MR) is 103 cm³/mol. The largest absolute Gasteiger partial charge is 0.496 e. The van der Waals surface area contributed by atoms with Gasteiger partial charge in [-0.15, -0.1) is 11.3 Å². The van der Waals surface area contributed by atoms with Crippen molar-refractivity contribution in [3.05, 3.63) is 51.7 Å². The van der Waals surface area contributed by atoms with Crippen molar-refractivity contribution < 1.29 is 14.3 Å². The topological polar surface area (TPSA) is 49.9 Å². The highest BCUT2D eigenvalue weighted by atomic mass is 32.1. The summed E-state index contributed by atoms with van der Waals surface area (Å²) in [6.45, 7) is 4.29. The third kappa shape index (κ3) is 4.25. The molecule has 1 aliphatic heterocycles. The maximum absolute atomic E-state index is 12.7. The van der Waals surface area contributed by atoms with E-state index >= 15 is 0 Å². The highest BCUT2D eigenvalue weighted by Gasteiger charge is 2.25. The van der Waals surface area contributed by atoms with Gasteiger partial charge in [-0.2, -0.15) is 0 Å². The van der Waals surface area contributed by atoms with Gasteiger partial charge in [-0.1, -0.05) is 6.07 Å². The van der Waals surface area contributed by atoms with Gasteiger partial charge in [0.15, 0.2) is 0 Å². The number of carbonyl (C=O) groups is 2. The van der Waals surface area contributed by atoms with Crippen molar-refractivity contribution in [2.24, 2.45) is 0 Å². The van der Waals surface area contributed by atoms with E-state index in [2.05, 4.69) is 6.07 Å².